The van der Waals surface area contributed by atoms with Gasteiger partial charge < -0.3 is 14.9 Å². The summed E-state index contributed by atoms with van der Waals surface area (Å²) in [7, 11) is 3.93. The molecule has 0 saturated carbocycles. The van der Waals surface area contributed by atoms with Gasteiger partial charge in [0.25, 0.3) is 0 Å². The second-order valence-corrected chi connectivity index (χ2v) is 4.58. The number of nitrogens with zero attached hydrogens (tertiary/aromatic N) is 2. The first-order valence-electron chi connectivity index (χ1n) is 6.40. The number of hydrogen-bond donors (Lipinski definition) is 1. The summed E-state index contributed by atoms with van der Waals surface area (Å²) < 4.78 is 0. The van der Waals surface area contributed by atoms with Gasteiger partial charge in [-0.3, -0.25) is 4.79 Å². The summed E-state index contributed by atoms with van der Waals surface area (Å²) in [6.07, 6.45) is 1.94. The topological polar surface area (TPSA) is 60.9 Å². The minimum absolute atomic E-state index is 0.299. The second kappa shape index (κ2) is 7.33. The van der Waals surface area contributed by atoms with Crippen molar-refractivity contribution in [3.63, 3.8) is 0 Å². The molecule has 0 aliphatic heterocycles. The number of rotatable bonds is 6. The quantitative estimate of drug-likeness (QED) is 0.804. The van der Waals surface area contributed by atoms with E-state index in [2.05, 4.69) is 0 Å². The van der Waals surface area contributed by atoms with Crippen LogP contribution in [0.1, 0.15) is 12.5 Å². The number of benzene rings is 1. The molecule has 1 aromatic rings. The van der Waals surface area contributed by atoms with E-state index in [4.69, 9.17) is 5.11 Å². The molecule has 1 amide bonds. The van der Waals surface area contributed by atoms with Crippen molar-refractivity contribution >= 4 is 17.6 Å². The molecule has 0 spiro atoms. The van der Waals surface area contributed by atoms with Gasteiger partial charge >= 0.3 is 5.97 Å². The number of likely N-dealkylation sites (N-methyl/N-ethyl adjacent to an activating group) is 1. The van der Waals surface area contributed by atoms with Crippen LogP contribution in [0.4, 0.5) is 5.69 Å². The number of carboxylic acid groups (broad SMARTS) is 1. The fraction of sp³-hybridized carbons (Fsp3) is 0.333. The third-order valence-corrected chi connectivity index (χ3v) is 2.89. The van der Waals surface area contributed by atoms with Crippen molar-refractivity contribution in [1.82, 2.24) is 4.90 Å². The van der Waals surface area contributed by atoms with Gasteiger partial charge in [-0.15, -0.1) is 0 Å². The van der Waals surface area contributed by atoms with E-state index in [-0.39, 0.29) is 5.91 Å². The van der Waals surface area contributed by atoms with Crippen LogP contribution in [0.15, 0.2) is 36.4 Å². The third kappa shape index (κ3) is 4.76. The van der Waals surface area contributed by atoms with Gasteiger partial charge in [-0.05, 0) is 24.6 Å². The zero-order valence-electron chi connectivity index (χ0n) is 12.0. The van der Waals surface area contributed by atoms with Crippen LogP contribution >= 0.6 is 0 Å². The molecule has 0 saturated heterocycles. The second-order valence-electron chi connectivity index (χ2n) is 4.58. The maximum atomic E-state index is 11.8. The Kier molecular flexibility index (Phi) is 5.77. The van der Waals surface area contributed by atoms with Crippen LogP contribution in [-0.4, -0.2) is 42.5 Å². The Bertz CT molecular complexity index is 492. The number of carbonyl (C=O) groups is 2. The summed E-state index contributed by atoms with van der Waals surface area (Å²) in [5, 5.41) is 8.53. The number of carbonyl (C=O) groups excluding carboxylic acids is 1. The van der Waals surface area contributed by atoms with Gasteiger partial charge in [0.2, 0.25) is 5.91 Å². The van der Waals surface area contributed by atoms with Crippen molar-refractivity contribution in [3.05, 3.63) is 42.0 Å². The van der Waals surface area contributed by atoms with E-state index in [9.17, 15) is 9.59 Å². The maximum absolute atomic E-state index is 11.8. The van der Waals surface area contributed by atoms with Crippen LogP contribution in [0.2, 0.25) is 0 Å². The summed E-state index contributed by atoms with van der Waals surface area (Å²) in [6, 6.07) is 7.90. The molecule has 0 aliphatic carbocycles. The summed E-state index contributed by atoms with van der Waals surface area (Å²) in [6.45, 7) is 2.85. The summed E-state index contributed by atoms with van der Waals surface area (Å²) in [4.78, 5) is 25.8. The Morgan fingerprint density at radius 1 is 1.15 bits per heavy atom. The van der Waals surface area contributed by atoms with Crippen LogP contribution < -0.4 is 4.90 Å². The number of aliphatic carboxylic acids is 1. The normalized spacial score (nSPS) is 10.6. The number of carboxylic acids is 1. The van der Waals surface area contributed by atoms with Gasteiger partial charge in [0.15, 0.2) is 0 Å². The Morgan fingerprint density at radius 3 is 2.20 bits per heavy atom. The number of amides is 1. The molecule has 0 aromatic heterocycles. The molecule has 1 N–H and O–H groups in total. The predicted molar refractivity (Wildman–Crippen MR) is 78.6 cm³/mol. The highest BCUT2D eigenvalue weighted by Gasteiger charge is 2.09. The zero-order chi connectivity index (χ0) is 15.1. The number of anilines is 1. The largest absolute Gasteiger partial charge is 0.478 e. The molecule has 0 atom stereocenters. The Balaban J connectivity index is 2.73. The molecule has 0 bridgehead atoms. The molecule has 0 fully saturated rings. The smallest absolute Gasteiger partial charge is 0.328 e. The standard InChI is InChI=1S/C15H20N2O3/c1-4-17(14(18)9-10-15(19)20)11-12-5-7-13(8-6-12)16(2)3/h5-10H,4,11H2,1-3H3,(H,19,20)/b10-9+. The monoisotopic (exact) mass is 276 g/mol. The van der Waals surface area contributed by atoms with E-state index in [0.29, 0.717) is 13.1 Å². The van der Waals surface area contributed by atoms with Crippen LogP contribution in [0.3, 0.4) is 0 Å². The fourth-order valence-electron chi connectivity index (χ4n) is 1.71. The van der Waals surface area contributed by atoms with E-state index in [1.165, 1.54) is 0 Å². The van der Waals surface area contributed by atoms with Gasteiger partial charge in [0, 0.05) is 45.0 Å². The molecule has 0 radical (unpaired) electrons. The lowest BCUT2D eigenvalue weighted by atomic mass is 10.2. The van der Waals surface area contributed by atoms with Crippen LogP contribution in [0.25, 0.3) is 0 Å². The van der Waals surface area contributed by atoms with Crippen molar-refractivity contribution in [2.75, 3.05) is 25.5 Å². The average molecular weight is 276 g/mol. The molecule has 0 aliphatic rings. The highest BCUT2D eigenvalue weighted by Crippen LogP contribution is 2.13. The third-order valence-electron chi connectivity index (χ3n) is 2.89. The SMILES string of the molecule is CCN(Cc1ccc(N(C)C)cc1)C(=O)/C=C/C(=O)O. The van der Waals surface area contributed by atoms with Crippen molar-refractivity contribution in [2.24, 2.45) is 0 Å². The fourth-order valence-corrected chi connectivity index (χ4v) is 1.71. The van der Waals surface area contributed by atoms with E-state index in [1.54, 1.807) is 4.90 Å². The first kappa shape index (κ1) is 15.8. The zero-order valence-corrected chi connectivity index (χ0v) is 12.0. The first-order valence-corrected chi connectivity index (χ1v) is 6.40. The van der Waals surface area contributed by atoms with E-state index >= 15 is 0 Å². The minimum Gasteiger partial charge on any atom is -0.478 e. The molecular weight excluding hydrogens is 256 g/mol. The number of hydrogen-bond acceptors (Lipinski definition) is 3. The molecular formula is C15H20N2O3. The van der Waals surface area contributed by atoms with E-state index < -0.39 is 5.97 Å². The Labute approximate surface area is 119 Å². The first-order chi connectivity index (χ1) is 9.43. The van der Waals surface area contributed by atoms with Gasteiger partial charge in [-0.2, -0.15) is 0 Å². The van der Waals surface area contributed by atoms with Crippen molar-refractivity contribution in [1.29, 1.82) is 0 Å². The molecule has 0 unspecified atom stereocenters. The molecule has 1 rings (SSSR count). The van der Waals surface area contributed by atoms with Crippen LogP contribution in [0, 0.1) is 0 Å². The van der Waals surface area contributed by atoms with Crippen molar-refractivity contribution < 1.29 is 14.7 Å². The summed E-state index contributed by atoms with van der Waals surface area (Å²) >= 11 is 0. The molecule has 108 valence electrons. The van der Waals surface area contributed by atoms with Gasteiger partial charge in [-0.1, -0.05) is 12.1 Å². The Morgan fingerprint density at radius 2 is 1.75 bits per heavy atom. The average Bonchev–Trinajstić information content (AvgIpc) is 2.42. The predicted octanol–water partition coefficient (Wildman–Crippen LogP) is 1.74. The maximum Gasteiger partial charge on any atom is 0.328 e. The molecule has 0 heterocycles. The molecule has 1 aromatic carbocycles. The van der Waals surface area contributed by atoms with Crippen molar-refractivity contribution in [2.45, 2.75) is 13.5 Å². The van der Waals surface area contributed by atoms with Crippen LogP contribution in [0.5, 0.6) is 0 Å². The highest BCUT2D eigenvalue weighted by atomic mass is 16.4. The minimum atomic E-state index is -1.12. The molecule has 20 heavy (non-hydrogen) atoms. The highest BCUT2D eigenvalue weighted by molar-refractivity contribution is 5.93. The summed E-state index contributed by atoms with van der Waals surface area (Å²) in [5.74, 6) is -1.42. The van der Waals surface area contributed by atoms with Gasteiger partial charge in [-0.25, -0.2) is 4.79 Å². The van der Waals surface area contributed by atoms with Gasteiger partial charge in [0.05, 0.1) is 0 Å². The van der Waals surface area contributed by atoms with E-state index in [0.717, 1.165) is 23.4 Å². The lowest BCUT2D eigenvalue weighted by molar-refractivity contribution is -0.132. The molecule has 5 heteroatoms. The van der Waals surface area contributed by atoms with Crippen LogP contribution in [-0.2, 0) is 16.1 Å². The van der Waals surface area contributed by atoms with E-state index in [1.807, 2.05) is 50.2 Å². The molecule has 5 nitrogen and oxygen atoms in total. The lowest BCUT2D eigenvalue weighted by Gasteiger charge is -2.20. The Hall–Kier alpha value is -2.30. The van der Waals surface area contributed by atoms with Crippen molar-refractivity contribution in [3.8, 4) is 0 Å². The summed E-state index contributed by atoms with van der Waals surface area (Å²) in [5.41, 5.74) is 2.10. The van der Waals surface area contributed by atoms with Gasteiger partial charge in [0.1, 0.15) is 0 Å². The lowest BCUT2D eigenvalue weighted by Crippen LogP contribution is -2.28.